The van der Waals surface area contributed by atoms with Crippen molar-refractivity contribution in [1.82, 2.24) is 20.1 Å². The van der Waals surface area contributed by atoms with Crippen LogP contribution < -0.4 is 11.1 Å². The van der Waals surface area contributed by atoms with Crippen LogP contribution >= 0.6 is 23.2 Å². The van der Waals surface area contributed by atoms with E-state index >= 15 is 0 Å². The van der Waals surface area contributed by atoms with Gasteiger partial charge in [0.1, 0.15) is 0 Å². The second-order valence-corrected chi connectivity index (χ2v) is 6.83. The number of hydrogen-bond donors (Lipinski definition) is 2. The van der Waals surface area contributed by atoms with Crippen LogP contribution in [0.5, 0.6) is 0 Å². The van der Waals surface area contributed by atoms with Gasteiger partial charge >= 0.3 is 0 Å². The largest absolute Gasteiger partial charge is 0.397 e. The lowest BCUT2D eigenvalue weighted by Gasteiger charge is -2.10. The molecule has 0 saturated heterocycles. The number of benzene rings is 1. The number of anilines is 1. The highest BCUT2D eigenvalue weighted by Crippen LogP contribution is 2.29. The van der Waals surface area contributed by atoms with Gasteiger partial charge in [0.25, 0.3) is 5.91 Å². The number of nitrogen functional groups attached to an aromatic ring is 1. The van der Waals surface area contributed by atoms with Crippen LogP contribution in [0.1, 0.15) is 28.0 Å². The molecule has 0 saturated carbocycles. The molecule has 3 N–H and O–H groups in total. The highest BCUT2D eigenvalue weighted by Gasteiger charge is 2.23. The maximum atomic E-state index is 12.3. The van der Waals surface area contributed by atoms with Crippen molar-refractivity contribution < 1.29 is 4.79 Å². The molecule has 3 heterocycles. The lowest BCUT2D eigenvalue weighted by atomic mass is 10.1. The first-order valence-electron chi connectivity index (χ1n) is 7.90. The van der Waals surface area contributed by atoms with Gasteiger partial charge in [-0.1, -0.05) is 29.3 Å². The molecule has 2 aromatic heterocycles. The summed E-state index contributed by atoms with van der Waals surface area (Å²) in [5.41, 5.74) is 9.39. The molecule has 1 aromatic carbocycles. The normalized spacial score (nSPS) is 14.2. The summed E-state index contributed by atoms with van der Waals surface area (Å²) in [6.07, 6.45) is 3.16. The van der Waals surface area contributed by atoms with Crippen LogP contribution in [0.3, 0.4) is 0 Å². The van der Waals surface area contributed by atoms with Crippen LogP contribution in [-0.4, -0.2) is 27.2 Å². The fourth-order valence-electron chi connectivity index (χ4n) is 3.07. The van der Waals surface area contributed by atoms with E-state index in [1.54, 1.807) is 23.0 Å². The monoisotopic (exact) mass is 375 g/mol. The summed E-state index contributed by atoms with van der Waals surface area (Å²) in [5.74, 6) is -0.173. The van der Waals surface area contributed by atoms with Crippen molar-refractivity contribution in [3.8, 4) is 0 Å². The first-order valence-corrected chi connectivity index (χ1v) is 8.66. The number of fused-ring (bicyclic) bond motifs is 2. The van der Waals surface area contributed by atoms with Gasteiger partial charge in [-0.25, -0.2) is 9.67 Å². The number of aromatic nitrogens is 3. The Morgan fingerprint density at radius 1 is 1.32 bits per heavy atom. The molecule has 0 radical (unpaired) electrons. The van der Waals surface area contributed by atoms with E-state index in [2.05, 4.69) is 15.4 Å². The number of nitrogens with one attached hydrogen (secondary N) is 1. The van der Waals surface area contributed by atoms with E-state index in [1.807, 2.05) is 6.07 Å². The van der Waals surface area contributed by atoms with Crippen LogP contribution in [0.15, 0.2) is 24.4 Å². The number of amides is 1. The van der Waals surface area contributed by atoms with Gasteiger partial charge in [-0.05, 0) is 30.5 Å². The third-order valence-corrected chi connectivity index (χ3v) is 4.93. The number of carbonyl (C=O) groups excluding carboxylic acids is 1. The van der Waals surface area contributed by atoms with Crippen LogP contribution in [0.4, 0.5) is 5.69 Å². The Labute approximate surface area is 153 Å². The maximum absolute atomic E-state index is 12.3. The second kappa shape index (κ2) is 6.20. The molecule has 1 aliphatic rings. The van der Waals surface area contributed by atoms with E-state index in [0.717, 1.165) is 12.0 Å². The molecule has 25 heavy (non-hydrogen) atoms. The van der Waals surface area contributed by atoms with Crippen molar-refractivity contribution in [3.63, 3.8) is 0 Å². The minimum absolute atomic E-state index is 0.173. The smallest absolute Gasteiger partial charge is 0.255 e. The Morgan fingerprint density at radius 3 is 2.96 bits per heavy atom. The summed E-state index contributed by atoms with van der Waals surface area (Å²) >= 11 is 12.2. The predicted octanol–water partition coefficient (Wildman–Crippen LogP) is 3.04. The number of hydrogen-bond acceptors (Lipinski definition) is 4. The molecule has 6 nitrogen and oxygen atoms in total. The summed E-state index contributed by atoms with van der Waals surface area (Å²) in [4.78, 5) is 16.9. The van der Waals surface area contributed by atoms with Gasteiger partial charge in [0.2, 0.25) is 0 Å². The summed E-state index contributed by atoms with van der Waals surface area (Å²) in [6.45, 7) is 1.06. The Kier molecular flexibility index (Phi) is 4.01. The molecule has 1 aliphatic heterocycles. The molecule has 4 rings (SSSR count). The zero-order chi connectivity index (χ0) is 17.6. The number of halogens is 2. The van der Waals surface area contributed by atoms with Gasteiger partial charge in [0.15, 0.2) is 5.65 Å². The van der Waals surface area contributed by atoms with Gasteiger partial charge in [-0.2, -0.15) is 5.10 Å². The van der Waals surface area contributed by atoms with Gasteiger partial charge in [0, 0.05) is 16.6 Å². The molecular weight excluding hydrogens is 361 g/mol. The van der Waals surface area contributed by atoms with Crippen LogP contribution in [0.2, 0.25) is 10.0 Å². The first kappa shape index (κ1) is 16.2. The summed E-state index contributed by atoms with van der Waals surface area (Å²) in [7, 11) is 0. The van der Waals surface area contributed by atoms with E-state index < -0.39 is 0 Å². The Hall–Kier alpha value is -2.31. The SMILES string of the molecule is Nc1c2c(nc3c1cnn3Cc1ccc(Cl)cc1Cl)CCCNC2=O. The summed E-state index contributed by atoms with van der Waals surface area (Å²) in [6, 6.07) is 5.34. The van der Waals surface area contributed by atoms with Crippen molar-refractivity contribution in [2.24, 2.45) is 0 Å². The number of nitrogens with two attached hydrogens (primary N) is 1. The topological polar surface area (TPSA) is 85.8 Å². The van der Waals surface area contributed by atoms with Crippen molar-refractivity contribution >= 4 is 45.8 Å². The zero-order valence-corrected chi connectivity index (χ0v) is 14.7. The molecule has 0 atom stereocenters. The van der Waals surface area contributed by atoms with Crippen molar-refractivity contribution in [3.05, 3.63) is 51.3 Å². The molecule has 128 valence electrons. The number of aryl methyl sites for hydroxylation is 1. The third-order valence-electron chi connectivity index (χ3n) is 4.34. The summed E-state index contributed by atoms with van der Waals surface area (Å²) in [5, 5.41) is 9.05. The highest BCUT2D eigenvalue weighted by atomic mass is 35.5. The lowest BCUT2D eigenvalue weighted by Crippen LogP contribution is -2.24. The average Bonchev–Trinajstić information content (AvgIpc) is 2.87. The molecule has 0 fully saturated rings. The Balaban J connectivity index is 1.83. The second-order valence-electron chi connectivity index (χ2n) is 5.98. The lowest BCUT2D eigenvalue weighted by molar-refractivity contribution is 0.0957. The van der Waals surface area contributed by atoms with Crippen LogP contribution in [-0.2, 0) is 13.0 Å². The Morgan fingerprint density at radius 2 is 2.16 bits per heavy atom. The molecule has 1 amide bonds. The van der Waals surface area contributed by atoms with Gasteiger partial charge in [-0.15, -0.1) is 0 Å². The minimum Gasteiger partial charge on any atom is -0.397 e. The molecule has 0 unspecified atom stereocenters. The van der Waals surface area contributed by atoms with Crippen molar-refractivity contribution in [1.29, 1.82) is 0 Å². The highest BCUT2D eigenvalue weighted by molar-refractivity contribution is 6.35. The standard InChI is InChI=1S/C17H15Cl2N5O/c18-10-4-3-9(12(19)6-10)8-24-16-11(7-22-24)15(20)14-13(23-16)2-1-5-21-17(14)25/h3-4,6-7H,1-2,5,8H2,(H2,20,23)(H,21,25). The van der Waals surface area contributed by atoms with Crippen LogP contribution in [0.25, 0.3) is 11.0 Å². The first-order chi connectivity index (χ1) is 12.0. The fraction of sp³-hybridized carbons (Fsp3) is 0.235. The number of carbonyl (C=O) groups is 1. The van der Waals surface area contributed by atoms with Crippen LogP contribution in [0, 0.1) is 0 Å². The predicted molar refractivity (Wildman–Crippen MR) is 98.2 cm³/mol. The van der Waals surface area contributed by atoms with Crippen molar-refractivity contribution in [2.45, 2.75) is 19.4 Å². The average molecular weight is 376 g/mol. The molecular formula is C17H15Cl2N5O. The molecule has 8 heteroatoms. The van der Waals surface area contributed by atoms with E-state index in [4.69, 9.17) is 28.9 Å². The molecule has 0 bridgehead atoms. The van der Waals surface area contributed by atoms with Gasteiger partial charge in [-0.3, -0.25) is 4.79 Å². The van der Waals surface area contributed by atoms with E-state index in [0.29, 0.717) is 57.5 Å². The van der Waals surface area contributed by atoms with Crippen molar-refractivity contribution in [2.75, 3.05) is 12.3 Å². The third kappa shape index (κ3) is 2.81. The number of rotatable bonds is 2. The zero-order valence-electron chi connectivity index (χ0n) is 13.2. The van der Waals surface area contributed by atoms with Gasteiger partial charge < -0.3 is 11.1 Å². The summed E-state index contributed by atoms with van der Waals surface area (Å²) < 4.78 is 1.74. The van der Waals surface area contributed by atoms with E-state index in [9.17, 15) is 4.79 Å². The number of nitrogens with zero attached hydrogens (tertiary/aromatic N) is 3. The quantitative estimate of drug-likeness (QED) is 0.720. The van der Waals surface area contributed by atoms with Gasteiger partial charge in [0.05, 0.1) is 35.1 Å². The molecule has 0 spiro atoms. The molecule has 3 aromatic rings. The molecule has 0 aliphatic carbocycles. The van der Waals surface area contributed by atoms with E-state index in [-0.39, 0.29) is 5.91 Å². The minimum atomic E-state index is -0.173. The Bertz CT molecular complexity index is 998. The number of pyridine rings is 1. The maximum Gasteiger partial charge on any atom is 0.255 e. The van der Waals surface area contributed by atoms with E-state index in [1.165, 1.54) is 0 Å². The fourth-order valence-corrected chi connectivity index (χ4v) is 3.54.